The van der Waals surface area contributed by atoms with Gasteiger partial charge in [-0.3, -0.25) is 13.8 Å². The minimum absolute atomic E-state index is 0.120. The van der Waals surface area contributed by atoms with Gasteiger partial charge in [-0.25, -0.2) is 0 Å². The number of rotatable bonds is 6. The number of carboxylic acids is 1. The van der Waals surface area contributed by atoms with Crippen LogP contribution in [0.5, 0.6) is 0 Å². The number of carboxylic acid groups (broad SMARTS) is 1. The van der Waals surface area contributed by atoms with Crippen LogP contribution in [0.3, 0.4) is 0 Å². The summed E-state index contributed by atoms with van der Waals surface area (Å²) in [5.74, 6) is -1.18. The summed E-state index contributed by atoms with van der Waals surface area (Å²) < 4.78 is 12.0. The molecule has 5 nitrogen and oxygen atoms in total. The van der Waals surface area contributed by atoms with Crippen molar-refractivity contribution in [2.45, 2.75) is 31.3 Å². The molecule has 2 atom stereocenters. The Morgan fingerprint density at radius 3 is 2.53 bits per heavy atom. The third-order valence-corrected chi connectivity index (χ3v) is 4.50. The topological polar surface area (TPSA) is 97.5 Å². The zero-order valence-electron chi connectivity index (χ0n) is 10.9. The summed E-state index contributed by atoms with van der Waals surface area (Å²) in [4.78, 5) is 21.6. The Bertz CT molecular complexity index is 527. The average molecular weight is 283 g/mol. The van der Waals surface area contributed by atoms with Crippen molar-refractivity contribution >= 4 is 22.7 Å². The highest BCUT2D eigenvalue weighted by atomic mass is 32.2. The van der Waals surface area contributed by atoms with E-state index in [9.17, 15) is 13.8 Å². The monoisotopic (exact) mass is 283 g/mol. The Balaban J connectivity index is 2.80. The predicted molar refractivity (Wildman–Crippen MR) is 73.3 cm³/mol. The maximum absolute atomic E-state index is 12.0. The molecular formula is C13H17NO4S. The van der Waals surface area contributed by atoms with E-state index in [0.717, 1.165) is 11.1 Å². The van der Waals surface area contributed by atoms with Crippen LogP contribution >= 0.6 is 0 Å². The van der Waals surface area contributed by atoms with Gasteiger partial charge in [0.1, 0.15) is 0 Å². The summed E-state index contributed by atoms with van der Waals surface area (Å²) in [5.41, 5.74) is 7.24. The fourth-order valence-corrected chi connectivity index (χ4v) is 2.89. The highest BCUT2D eigenvalue weighted by Gasteiger charge is 2.16. The van der Waals surface area contributed by atoms with Gasteiger partial charge < -0.3 is 10.8 Å². The number of nitrogens with two attached hydrogens (primary N) is 1. The van der Waals surface area contributed by atoms with E-state index in [1.54, 1.807) is 32.0 Å². The van der Waals surface area contributed by atoms with Crippen LogP contribution in [0.1, 0.15) is 34.8 Å². The fourth-order valence-electron chi connectivity index (χ4n) is 1.65. The van der Waals surface area contributed by atoms with Gasteiger partial charge in [0, 0.05) is 27.4 Å². The lowest BCUT2D eigenvalue weighted by molar-refractivity contribution is -0.136. The van der Waals surface area contributed by atoms with Crippen LogP contribution in [0, 0.1) is 6.92 Å². The molecule has 0 aliphatic heterocycles. The summed E-state index contributed by atoms with van der Waals surface area (Å²) >= 11 is 0. The number of carbonyl (C=O) groups is 2. The molecule has 2 unspecified atom stereocenters. The number of amides is 1. The Labute approximate surface area is 114 Å². The third kappa shape index (κ3) is 4.48. The largest absolute Gasteiger partial charge is 0.481 e. The molecule has 104 valence electrons. The van der Waals surface area contributed by atoms with Gasteiger partial charge in [0.25, 0.3) is 0 Å². The zero-order chi connectivity index (χ0) is 14.6. The molecule has 3 N–H and O–H groups in total. The van der Waals surface area contributed by atoms with E-state index < -0.39 is 27.9 Å². The van der Waals surface area contributed by atoms with Crippen LogP contribution in [0.2, 0.25) is 0 Å². The quantitative estimate of drug-likeness (QED) is 0.819. The molecular weight excluding hydrogens is 266 g/mol. The van der Waals surface area contributed by atoms with Crippen molar-refractivity contribution in [3.05, 3.63) is 34.9 Å². The van der Waals surface area contributed by atoms with Gasteiger partial charge in [-0.05, 0) is 30.2 Å². The molecule has 0 heterocycles. The molecule has 0 saturated heterocycles. The van der Waals surface area contributed by atoms with E-state index in [2.05, 4.69) is 0 Å². The number of hydrogen-bond acceptors (Lipinski definition) is 3. The van der Waals surface area contributed by atoms with E-state index in [1.807, 2.05) is 0 Å². The number of aliphatic carboxylic acids is 1. The molecule has 0 aliphatic carbocycles. The van der Waals surface area contributed by atoms with Gasteiger partial charge in [-0.2, -0.15) is 0 Å². The Hall–Kier alpha value is -1.69. The fraction of sp³-hybridized carbons (Fsp3) is 0.385. The van der Waals surface area contributed by atoms with Crippen molar-refractivity contribution in [2.24, 2.45) is 5.73 Å². The molecule has 0 spiro atoms. The second-order valence-electron chi connectivity index (χ2n) is 4.44. The first-order valence-corrected chi connectivity index (χ1v) is 7.17. The molecule has 1 rings (SSSR count). The van der Waals surface area contributed by atoms with Crippen molar-refractivity contribution in [2.75, 3.05) is 0 Å². The van der Waals surface area contributed by atoms with Crippen LogP contribution in [-0.2, 0) is 21.3 Å². The summed E-state index contributed by atoms with van der Waals surface area (Å²) in [7, 11) is -1.26. The van der Waals surface area contributed by atoms with Crippen LogP contribution in [0.4, 0.5) is 0 Å². The number of hydrogen-bond donors (Lipinski definition) is 2. The summed E-state index contributed by atoms with van der Waals surface area (Å²) in [5, 5.41) is 8.26. The van der Waals surface area contributed by atoms with Crippen molar-refractivity contribution in [1.82, 2.24) is 0 Å². The first-order chi connectivity index (χ1) is 8.81. The average Bonchev–Trinajstić information content (AvgIpc) is 2.30. The van der Waals surface area contributed by atoms with Gasteiger partial charge in [0.15, 0.2) is 0 Å². The Morgan fingerprint density at radius 2 is 2.05 bits per heavy atom. The molecule has 19 heavy (non-hydrogen) atoms. The molecule has 0 radical (unpaired) electrons. The van der Waals surface area contributed by atoms with Crippen LogP contribution in [0.15, 0.2) is 18.2 Å². The molecule has 0 fully saturated rings. The second kappa shape index (κ2) is 6.47. The SMILES string of the molecule is Cc1cc(C(N)=O)ccc1CS(=O)C(C)CC(=O)O. The van der Waals surface area contributed by atoms with Crippen molar-refractivity contribution < 1.29 is 18.9 Å². The van der Waals surface area contributed by atoms with Crippen LogP contribution < -0.4 is 5.73 Å². The molecule has 0 aliphatic rings. The van der Waals surface area contributed by atoms with Gasteiger partial charge in [-0.1, -0.05) is 13.0 Å². The maximum atomic E-state index is 12.0. The normalized spacial score (nSPS) is 13.8. The second-order valence-corrected chi connectivity index (χ2v) is 6.29. The molecule has 1 aromatic rings. The van der Waals surface area contributed by atoms with Gasteiger partial charge >= 0.3 is 5.97 Å². The molecule has 0 bridgehead atoms. The number of aryl methyl sites for hydroxylation is 1. The minimum Gasteiger partial charge on any atom is -0.481 e. The highest BCUT2D eigenvalue weighted by molar-refractivity contribution is 7.84. The third-order valence-electron chi connectivity index (χ3n) is 2.84. The van der Waals surface area contributed by atoms with E-state index in [4.69, 9.17) is 10.8 Å². The number of carbonyl (C=O) groups excluding carboxylic acids is 1. The van der Waals surface area contributed by atoms with E-state index in [-0.39, 0.29) is 12.2 Å². The minimum atomic E-state index is -1.26. The lowest BCUT2D eigenvalue weighted by atomic mass is 10.1. The van der Waals surface area contributed by atoms with Crippen molar-refractivity contribution in [3.63, 3.8) is 0 Å². The molecule has 1 aromatic carbocycles. The van der Waals surface area contributed by atoms with Gasteiger partial charge in [0.2, 0.25) is 5.91 Å². The number of benzene rings is 1. The molecule has 6 heteroatoms. The van der Waals surface area contributed by atoms with Gasteiger partial charge in [0.05, 0.1) is 6.42 Å². The highest BCUT2D eigenvalue weighted by Crippen LogP contribution is 2.15. The standard InChI is InChI=1S/C13H17NO4S/c1-8-5-10(13(14)17)3-4-11(8)7-19(18)9(2)6-12(15)16/h3-5,9H,6-7H2,1-2H3,(H2,14,17)(H,15,16). The molecule has 0 saturated carbocycles. The number of primary amides is 1. The smallest absolute Gasteiger partial charge is 0.304 e. The zero-order valence-corrected chi connectivity index (χ0v) is 11.7. The van der Waals surface area contributed by atoms with Crippen LogP contribution in [0.25, 0.3) is 0 Å². The summed E-state index contributed by atoms with van der Waals surface area (Å²) in [6.07, 6.45) is -0.120. The lowest BCUT2D eigenvalue weighted by Crippen LogP contribution is -2.17. The Kier molecular flexibility index (Phi) is 5.23. The first kappa shape index (κ1) is 15.4. The van der Waals surface area contributed by atoms with Crippen LogP contribution in [-0.4, -0.2) is 26.4 Å². The molecule has 0 aromatic heterocycles. The summed E-state index contributed by atoms with van der Waals surface area (Å²) in [6.45, 7) is 3.46. The molecule has 1 amide bonds. The van der Waals surface area contributed by atoms with E-state index >= 15 is 0 Å². The summed E-state index contributed by atoms with van der Waals surface area (Å²) in [6, 6.07) is 4.95. The predicted octanol–water partition coefficient (Wildman–Crippen LogP) is 1.21. The maximum Gasteiger partial charge on any atom is 0.304 e. The first-order valence-electron chi connectivity index (χ1n) is 5.79. The van der Waals surface area contributed by atoms with Gasteiger partial charge in [-0.15, -0.1) is 0 Å². The van der Waals surface area contributed by atoms with Crippen molar-refractivity contribution in [1.29, 1.82) is 0 Å². The Morgan fingerprint density at radius 1 is 1.42 bits per heavy atom. The lowest BCUT2D eigenvalue weighted by Gasteiger charge is -2.11. The van der Waals surface area contributed by atoms with Crippen molar-refractivity contribution in [3.8, 4) is 0 Å². The van der Waals surface area contributed by atoms with E-state index in [1.165, 1.54) is 0 Å². The van der Waals surface area contributed by atoms with E-state index in [0.29, 0.717) is 5.56 Å².